The molecule has 1 aromatic heterocycles. The molecule has 0 bridgehead atoms. The van der Waals surface area contributed by atoms with E-state index in [1.165, 1.54) is 12.8 Å². The van der Waals surface area contributed by atoms with Crippen LogP contribution in [0.1, 0.15) is 25.1 Å². The quantitative estimate of drug-likeness (QED) is 0.695. The SMILES string of the molecule is O=C(CC1CCCNC1)NCCc1ncc[nH]1. The molecule has 1 aliphatic heterocycles. The Kier molecular flexibility index (Phi) is 4.55. The van der Waals surface area contributed by atoms with Crippen LogP contribution in [-0.4, -0.2) is 35.5 Å². The van der Waals surface area contributed by atoms with E-state index in [9.17, 15) is 4.79 Å². The fourth-order valence-corrected chi connectivity index (χ4v) is 2.19. The van der Waals surface area contributed by atoms with Gasteiger partial charge in [-0.1, -0.05) is 0 Å². The summed E-state index contributed by atoms with van der Waals surface area (Å²) in [6, 6.07) is 0. The van der Waals surface area contributed by atoms with Crippen LogP contribution in [0.5, 0.6) is 0 Å². The Bertz CT molecular complexity index is 330. The normalized spacial score (nSPS) is 20.1. The molecular formula is C12H20N4O. The number of carbonyl (C=O) groups excluding carboxylic acids is 1. The molecular weight excluding hydrogens is 216 g/mol. The number of hydrogen-bond donors (Lipinski definition) is 3. The molecule has 0 saturated carbocycles. The summed E-state index contributed by atoms with van der Waals surface area (Å²) < 4.78 is 0. The van der Waals surface area contributed by atoms with E-state index in [2.05, 4.69) is 20.6 Å². The molecule has 5 heteroatoms. The van der Waals surface area contributed by atoms with Crippen molar-refractivity contribution in [2.45, 2.75) is 25.7 Å². The number of imidazole rings is 1. The molecule has 94 valence electrons. The Balaban J connectivity index is 1.60. The molecule has 1 saturated heterocycles. The Morgan fingerprint density at radius 1 is 1.59 bits per heavy atom. The third kappa shape index (κ3) is 4.19. The Morgan fingerprint density at radius 2 is 2.53 bits per heavy atom. The second-order valence-electron chi connectivity index (χ2n) is 4.55. The predicted molar refractivity (Wildman–Crippen MR) is 65.5 cm³/mol. The van der Waals surface area contributed by atoms with Gasteiger partial charge in [-0.2, -0.15) is 0 Å². The molecule has 2 heterocycles. The van der Waals surface area contributed by atoms with Crippen LogP contribution >= 0.6 is 0 Å². The Hall–Kier alpha value is -1.36. The van der Waals surface area contributed by atoms with E-state index in [0.717, 1.165) is 25.3 Å². The van der Waals surface area contributed by atoms with Gasteiger partial charge < -0.3 is 15.6 Å². The highest BCUT2D eigenvalue weighted by atomic mass is 16.1. The summed E-state index contributed by atoms with van der Waals surface area (Å²) in [5, 5.41) is 6.27. The van der Waals surface area contributed by atoms with Crippen molar-refractivity contribution in [3.8, 4) is 0 Å². The highest BCUT2D eigenvalue weighted by Gasteiger charge is 2.16. The molecule has 1 aromatic rings. The molecule has 3 N–H and O–H groups in total. The van der Waals surface area contributed by atoms with Crippen LogP contribution in [0, 0.1) is 5.92 Å². The first-order valence-electron chi connectivity index (χ1n) is 6.30. The number of nitrogens with one attached hydrogen (secondary N) is 3. The number of aromatic amines is 1. The van der Waals surface area contributed by atoms with Crippen LogP contribution in [0.3, 0.4) is 0 Å². The van der Waals surface area contributed by atoms with Gasteiger partial charge in [-0.05, 0) is 31.8 Å². The van der Waals surface area contributed by atoms with Crippen LogP contribution in [-0.2, 0) is 11.2 Å². The van der Waals surface area contributed by atoms with E-state index in [0.29, 0.717) is 18.9 Å². The van der Waals surface area contributed by atoms with Crippen molar-refractivity contribution in [2.75, 3.05) is 19.6 Å². The number of carbonyl (C=O) groups is 1. The van der Waals surface area contributed by atoms with Gasteiger partial charge in [-0.15, -0.1) is 0 Å². The van der Waals surface area contributed by atoms with Gasteiger partial charge in [-0.3, -0.25) is 4.79 Å². The second-order valence-corrected chi connectivity index (χ2v) is 4.55. The number of rotatable bonds is 5. The molecule has 0 spiro atoms. The van der Waals surface area contributed by atoms with Gasteiger partial charge in [0.2, 0.25) is 5.91 Å². The average Bonchev–Trinajstić information content (AvgIpc) is 2.83. The van der Waals surface area contributed by atoms with Gasteiger partial charge in [-0.25, -0.2) is 4.98 Å². The third-order valence-corrected chi connectivity index (χ3v) is 3.11. The van der Waals surface area contributed by atoms with E-state index >= 15 is 0 Å². The zero-order valence-corrected chi connectivity index (χ0v) is 10.0. The number of nitrogens with zero attached hydrogens (tertiary/aromatic N) is 1. The van der Waals surface area contributed by atoms with Crippen molar-refractivity contribution in [1.29, 1.82) is 0 Å². The lowest BCUT2D eigenvalue weighted by Gasteiger charge is -2.21. The van der Waals surface area contributed by atoms with Crippen molar-refractivity contribution in [1.82, 2.24) is 20.6 Å². The molecule has 1 atom stereocenters. The molecule has 0 aromatic carbocycles. The molecule has 1 fully saturated rings. The molecule has 0 aliphatic carbocycles. The minimum atomic E-state index is 0.158. The summed E-state index contributed by atoms with van der Waals surface area (Å²) in [5.74, 6) is 1.59. The highest BCUT2D eigenvalue weighted by Crippen LogP contribution is 2.13. The van der Waals surface area contributed by atoms with Crippen LogP contribution in [0.25, 0.3) is 0 Å². The lowest BCUT2D eigenvalue weighted by Crippen LogP contribution is -2.34. The largest absolute Gasteiger partial charge is 0.356 e. The van der Waals surface area contributed by atoms with Gasteiger partial charge in [0.15, 0.2) is 0 Å². The number of H-pyrrole nitrogens is 1. The van der Waals surface area contributed by atoms with Crippen LogP contribution in [0.15, 0.2) is 12.4 Å². The molecule has 1 amide bonds. The number of amides is 1. The summed E-state index contributed by atoms with van der Waals surface area (Å²) in [6.07, 6.45) is 7.28. The fraction of sp³-hybridized carbons (Fsp3) is 0.667. The Morgan fingerprint density at radius 3 is 3.24 bits per heavy atom. The van der Waals surface area contributed by atoms with Gasteiger partial charge in [0.1, 0.15) is 5.82 Å². The predicted octanol–water partition coefficient (Wildman–Crippen LogP) is 0.458. The molecule has 1 aliphatic rings. The van der Waals surface area contributed by atoms with Crippen LogP contribution in [0.2, 0.25) is 0 Å². The van der Waals surface area contributed by atoms with E-state index in [1.807, 2.05) is 0 Å². The summed E-state index contributed by atoms with van der Waals surface area (Å²) in [7, 11) is 0. The summed E-state index contributed by atoms with van der Waals surface area (Å²) in [5.41, 5.74) is 0. The van der Waals surface area contributed by atoms with Crippen LogP contribution in [0.4, 0.5) is 0 Å². The smallest absolute Gasteiger partial charge is 0.220 e. The topological polar surface area (TPSA) is 69.8 Å². The van der Waals surface area contributed by atoms with E-state index in [-0.39, 0.29) is 5.91 Å². The van der Waals surface area contributed by atoms with Crippen molar-refractivity contribution in [3.63, 3.8) is 0 Å². The van der Waals surface area contributed by atoms with E-state index < -0.39 is 0 Å². The van der Waals surface area contributed by atoms with Crippen molar-refractivity contribution >= 4 is 5.91 Å². The third-order valence-electron chi connectivity index (χ3n) is 3.11. The average molecular weight is 236 g/mol. The van der Waals surface area contributed by atoms with Gasteiger partial charge >= 0.3 is 0 Å². The van der Waals surface area contributed by atoms with Crippen molar-refractivity contribution in [3.05, 3.63) is 18.2 Å². The highest BCUT2D eigenvalue weighted by molar-refractivity contribution is 5.76. The minimum Gasteiger partial charge on any atom is -0.356 e. The Labute approximate surface area is 101 Å². The number of aromatic nitrogens is 2. The number of piperidine rings is 1. The molecule has 2 rings (SSSR count). The molecule has 17 heavy (non-hydrogen) atoms. The van der Waals surface area contributed by atoms with Crippen molar-refractivity contribution in [2.24, 2.45) is 5.92 Å². The lowest BCUT2D eigenvalue weighted by atomic mass is 9.96. The molecule has 0 radical (unpaired) electrons. The van der Waals surface area contributed by atoms with Gasteiger partial charge in [0.05, 0.1) is 0 Å². The van der Waals surface area contributed by atoms with Crippen molar-refractivity contribution < 1.29 is 4.79 Å². The number of hydrogen-bond acceptors (Lipinski definition) is 3. The maximum absolute atomic E-state index is 11.7. The zero-order valence-electron chi connectivity index (χ0n) is 10.0. The zero-order chi connectivity index (χ0) is 11.9. The summed E-state index contributed by atoms with van der Waals surface area (Å²) in [6.45, 7) is 2.73. The standard InChI is InChI=1S/C12H20N4O/c17-12(8-10-2-1-4-13-9-10)16-5-3-11-14-6-7-15-11/h6-7,10,13H,1-5,8-9H2,(H,14,15)(H,16,17). The first-order valence-corrected chi connectivity index (χ1v) is 6.30. The van der Waals surface area contributed by atoms with Gasteiger partial charge in [0, 0.05) is 31.8 Å². The molecule has 1 unspecified atom stereocenters. The maximum Gasteiger partial charge on any atom is 0.220 e. The molecule has 5 nitrogen and oxygen atoms in total. The lowest BCUT2D eigenvalue weighted by molar-refractivity contribution is -0.122. The fourth-order valence-electron chi connectivity index (χ4n) is 2.19. The monoisotopic (exact) mass is 236 g/mol. The summed E-state index contributed by atoms with van der Waals surface area (Å²) in [4.78, 5) is 18.8. The second kappa shape index (κ2) is 6.39. The van der Waals surface area contributed by atoms with Crippen LogP contribution < -0.4 is 10.6 Å². The summed E-state index contributed by atoms with van der Waals surface area (Å²) >= 11 is 0. The van der Waals surface area contributed by atoms with Gasteiger partial charge in [0.25, 0.3) is 0 Å². The maximum atomic E-state index is 11.7. The first-order chi connectivity index (χ1) is 8.34. The van der Waals surface area contributed by atoms with E-state index in [1.54, 1.807) is 12.4 Å². The first kappa shape index (κ1) is 12.1. The minimum absolute atomic E-state index is 0.158. The van der Waals surface area contributed by atoms with E-state index in [4.69, 9.17) is 0 Å².